The van der Waals surface area contributed by atoms with E-state index in [2.05, 4.69) is 15.5 Å². The monoisotopic (exact) mass is 936 g/mol. The molecule has 338 valence electrons. The molecule has 5 atom stereocenters. The standard InChI is InChI=1S/C42H55F2N6O8PS3/c1-40(2,3)38(54)60-14-12-57-59(56,58-13-15-61-39(55)41(4,5)6)42(43,44)28-8-11-32-26(17-28)20-33(62-32)35(51)46-30-19-25-16-24(25)18-29-9-10-31(50(29)36(30)52)37(53)49-21-27(22-49)34-47-45-23-48(34)7/h8,11,17,20,23-25,27,29-31H,9-10,12-16,18-19,21-22H2,1-7H3,(H,46,51)/t24-,25+,29+,30-,31-/m0/s1. The number of benzene rings is 1. The number of rotatable bonds is 14. The fourth-order valence-corrected chi connectivity index (χ4v) is 12.6. The average molecular weight is 937 g/mol. The SMILES string of the molecule is Cn1cnnc1C1CN(C(=O)[C@@H]2CC[C@@H]3C[C@@H]4C[C@@H]4C[C@H](NC(=O)c4cc5cc(C(F)(F)P(=O)(OCCSC(=O)C(C)(C)C)OCCSC(=O)C(C)(C)C)ccc5s4)C(=O)N32)C1. The maximum Gasteiger partial charge on any atom is 0.404 e. The highest BCUT2D eigenvalue weighted by molar-refractivity contribution is 8.14. The van der Waals surface area contributed by atoms with Gasteiger partial charge in [0.25, 0.3) is 5.91 Å². The first-order valence-electron chi connectivity index (χ1n) is 21.0. The Kier molecular flexibility index (Phi) is 13.6. The Hall–Kier alpha value is -3.22. The highest BCUT2D eigenvalue weighted by atomic mass is 32.2. The average Bonchev–Trinajstić information content (AvgIpc) is 3.48. The molecule has 3 saturated heterocycles. The van der Waals surface area contributed by atoms with Gasteiger partial charge in [0.05, 0.1) is 24.0 Å². The van der Waals surface area contributed by atoms with Crippen molar-refractivity contribution in [2.45, 2.75) is 103 Å². The van der Waals surface area contributed by atoms with Gasteiger partial charge in [-0.15, -0.1) is 21.5 Å². The van der Waals surface area contributed by atoms with Crippen molar-refractivity contribution in [2.75, 3.05) is 37.8 Å². The second kappa shape index (κ2) is 18.0. The van der Waals surface area contributed by atoms with Crippen LogP contribution in [-0.4, -0.2) is 108 Å². The molecule has 0 unspecified atom stereocenters. The lowest BCUT2D eigenvalue weighted by Crippen LogP contribution is -2.60. The summed E-state index contributed by atoms with van der Waals surface area (Å²) in [5, 5.41) is 11.0. The summed E-state index contributed by atoms with van der Waals surface area (Å²) in [6.45, 7) is 10.4. The Bertz CT molecular complexity index is 2230. The van der Waals surface area contributed by atoms with Crippen molar-refractivity contribution in [2.24, 2.45) is 29.7 Å². The third-order valence-corrected chi connectivity index (χ3v) is 17.5. The Morgan fingerprint density at radius 3 is 2.15 bits per heavy atom. The third-order valence-electron chi connectivity index (χ3n) is 11.9. The number of fused-ring (bicyclic) bond motifs is 3. The predicted molar refractivity (Wildman–Crippen MR) is 235 cm³/mol. The van der Waals surface area contributed by atoms with E-state index in [-0.39, 0.29) is 61.7 Å². The lowest BCUT2D eigenvalue weighted by atomic mass is 9.97. The quantitative estimate of drug-likeness (QED) is 0.126. The van der Waals surface area contributed by atoms with Crippen LogP contribution >= 0.6 is 42.5 Å². The number of amides is 3. The van der Waals surface area contributed by atoms with Crippen molar-refractivity contribution in [3.63, 3.8) is 0 Å². The van der Waals surface area contributed by atoms with E-state index in [1.165, 1.54) is 12.1 Å². The van der Waals surface area contributed by atoms with Gasteiger partial charge in [0.2, 0.25) is 11.8 Å². The van der Waals surface area contributed by atoms with Gasteiger partial charge in [0.1, 0.15) is 24.2 Å². The number of nitrogens with one attached hydrogen (secondary N) is 1. The van der Waals surface area contributed by atoms with Crippen LogP contribution in [0, 0.1) is 22.7 Å². The Morgan fingerprint density at radius 2 is 1.55 bits per heavy atom. The van der Waals surface area contributed by atoms with Crippen molar-refractivity contribution in [3.05, 3.63) is 46.9 Å². The summed E-state index contributed by atoms with van der Waals surface area (Å²) in [6.07, 6.45) is 5.12. The van der Waals surface area contributed by atoms with E-state index >= 15 is 8.78 Å². The molecule has 62 heavy (non-hydrogen) atoms. The van der Waals surface area contributed by atoms with E-state index in [4.69, 9.17) is 9.05 Å². The number of aryl methyl sites for hydroxylation is 1. The Morgan fingerprint density at radius 1 is 0.919 bits per heavy atom. The topological polar surface area (TPSA) is 170 Å². The summed E-state index contributed by atoms with van der Waals surface area (Å²) in [6, 6.07) is 3.54. The zero-order chi connectivity index (χ0) is 44.9. The van der Waals surface area contributed by atoms with E-state index in [1.54, 1.807) is 57.7 Å². The maximum absolute atomic E-state index is 16.5. The minimum Gasteiger partial charge on any atom is -0.340 e. The van der Waals surface area contributed by atoms with E-state index in [0.717, 1.165) is 65.7 Å². The molecule has 7 rings (SSSR count). The molecule has 4 fully saturated rings. The minimum atomic E-state index is -5.25. The molecule has 1 N–H and O–H groups in total. The normalized spacial score (nSPS) is 23.4. The van der Waals surface area contributed by atoms with Gasteiger partial charge in [-0.2, -0.15) is 8.78 Å². The number of nitrogens with zero attached hydrogens (tertiary/aromatic N) is 5. The number of likely N-dealkylation sites (tertiary alicyclic amines) is 1. The van der Waals surface area contributed by atoms with Gasteiger partial charge in [-0.25, -0.2) is 0 Å². The van der Waals surface area contributed by atoms with Gasteiger partial charge in [0, 0.05) is 58.8 Å². The van der Waals surface area contributed by atoms with Crippen LogP contribution < -0.4 is 5.32 Å². The molecule has 14 nitrogen and oxygen atoms in total. The highest BCUT2D eigenvalue weighted by Gasteiger charge is 2.56. The summed E-state index contributed by atoms with van der Waals surface area (Å²) >= 11 is 2.84. The summed E-state index contributed by atoms with van der Waals surface area (Å²) in [5.74, 6) is 0.584. The number of halogens is 2. The first-order valence-corrected chi connectivity index (χ1v) is 25.3. The van der Waals surface area contributed by atoms with Crippen molar-refractivity contribution < 1.29 is 46.4 Å². The van der Waals surface area contributed by atoms with Crippen LogP contribution in [-0.2, 0) is 45.5 Å². The molecule has 0 bridgehead atoms. The second-order valence-corrected chi connectivity index (χ2v) is 24.1. The molecule has 1 aromatic carbocycles. The molecule has 2 aromatic heterocycles. The molecule has 1 aliphatic carbocycles. The molecule has 3 aromatic rings. The van der Waals surface area contributed by atoms with Gasteiger partial charge in [-0.3, -0.25) is 28.5 Å². The molecule has 0 spiro atoms. The van der Waals surface area contributed by atoms with Crippen LogP contribution in [0.1, 0.15) is 101 Å². The predicted octanol–water partition coefficient (Wildman–Crippen LogP) is 7.43. The zero-order valence-electron chi connectivity index (χ0n) is 36.1. The summed E-state index contributed by atoms with van der Waals surface area (Å²) in [7, 11) is -3.39. The number of hydrogen-bond acceptors (Lipinski definition) is 13. The maximum atomic E-state index is 16.5. The lowest BCUT2D eigenvalue weighted by molar-refractivity contribution is -0.149. The number of aromatic nitrogens is 3. The number of carbonyl (C=O) groups excluding carboxylic acids is 5. The first kappa shape index (κ1) is 46.8. The van der Waals surface area contributed by atoms with E-state index in [0.29, 0.717) is 43.0 Å². The van der Waals surface area contributed by atoms with Crippen LogP contribution in [0.5, 0.6) is 0 Å². The number of thiophene rings is 1. The van der Waals surface area contributed by atoms with Gasteiger partial charge in [0.15, 0.2) is 10.2 Å². The van der Waals surface area contributed by atoms with Gasteiger partial charge >= 0.3 is 13.3 Å². The second-order valence-electron chi connectivity index (χ2n) is 18.8. The van der Waals surface area contributed by atoms with Crippen molar-refractivity contribution >= 4 is 80.5 Å². The molecule has 4 aliphatic rings. The molecular formula is C42H55F2N6O8PS3. The third kappa shape index (κ3) is 9.87. The number of hydrogen-bond donors (Lipinski definition) is 1. The molecule has 5 heterocycles. The van der Waals surface area contributed by atoms with Gasteiger partial charge < -0.3 is 28.7 Å². The largest absolute Gasteiger partial charge is 0.404 e. The minimum absolute atomic E-state index is 0.0390. The van der Waals surface area contributed by atoms with E-state index in [9.17, 15) is 28.5 Å². The van der Waals surface area contributed by atoms with Gasteiger partial charge in [-0.1, -0.05) is 71.1 Å². The van der Waals surface area contributed by atoms with E-state index < -0.39 is 60.9 Å². The summed E-state index contributed by atoms with van der Waals surface area (Å²) in [4.78, 5) is 70.7. The lowest BCUT2D eigenvalue weighted by Gasteiger charge is -2.42. The van der Waals surface area contributed by atoms with Crippen molar-refractivity contribution in [1.82, 2.24) is 29.9 Å². The molecule has 3 aliphatic heterocycles. The van der Waals surface area contributed by atoms with Crippen molar-refractivity contribution in [1.29, 1.82) is 0 Å². The fraction of sp³-hybridized carbons (Fsp3) is 0.643. The van der Waals surface area contributed by atoms with Crippen LogP contribution in [0.3, 0.4) is 0 Å². The Balaban J connectivity index is 1.04. The molecule has 0 radical (unpaired) electrons. The van der Waals surface area contributed by atoms with Gasteiger partial charge in [-0.05, 0) is 67.5 Å². The van der Waals surface area contributed by atoms with E-state index in [1.807, 2.05) is 11.6 Å². The number of thioether (sulfide) groups is 2. The Labute approximate surface area is 372 Å². The molecular weight excluding hydrogens is 882 g/mol. The molecule has 3 amide bonds. The van der Waals surface area contributed by atoms with Crippen molar-refractivity contribution in [3.8, 4) is 0 Å². The molecule has 20 heteroatoms. The van der Waals surface area contributed by atoms with Crippen LogP contribution in [0.15, 0.2) is 30.6 Å². The highest BCUT2D eigenvalue weighted by Crippen LogP contribution is 2.67. The van der Waals surface area contributed by atoms with Crippen LogP contribution in [0.2, 0.25) is 0 Å². The van der Waals surface area contributed by atoms with Crippen LogP contribution in [0.25, 0.3) is 10.1 Å². The molecule has 1 saturated carbocycles. The first-order chi connectivity index (χ1) is 29.1. The number of carbonyl (C=O) groups is 5. The van der Waals surface area contributed by atoms with Crippen LogP contribution in [0.4, 0.5) is 8.78 Å². The number of alkyl halides is 2. The fourth-order valence-electron chi connectivity index (χ4n) is 8.27. The zero-order valence-corrected chi connectivity index (χ0v) is 39.4. The summed E-state index contributed by atoms with van der Waals surface area (Å²) < 4.78 is 60.1. The smallest absolute Gasteiger partial charge is 0.340 e. The summed E-state index contributed by atoms with van der Waals surface area (Å²) in [5.41, 5.74) is -6.17.